The Morgan fingerprint density at radius 1 is 1.76 bits per heavy atom. The van der Waals surface area contributed by atoms with Gasteiger partial charge in [0.1, 0.15) is 24.8 Å². The molecule has 0 aliphatic carbocycles. The Hall–Kier alpha value is -1.55. The third-order valence-electron chi connectivity index (χ3n) is 3.01. The summed E-state index contributed by atoms with van der Waals surface area (Å²) in [5.74, 6) is 2.77. The van der Waals surface area contributed by atoms with Gasteiger partial charge in [-0.15, -0.1) is 6.42 Å². The molecule has 17 heavy (non-hydrogen) atoms. The SMILES string of the molecule is C#C[C@]1(CO)O[C@@H](N2C=CC(N)=NC2)C[C@@H]1O. The van der Waals surface area contributed by atoms with E-state index in [4.69, 9.17) is 16.9 Å². The fraction of sp³-hybridized carbons (Fsp3) is 0.545. The van der Waals surface area contributed by atoms with E-state index in [-0.39, 0.29) is 0 Å². The van der Waals surface area contributed by atoms with Crippen molar-refractivity contribution in [1.82, 2.24) is 4.90 Å². The van der Waals surface area contributed by atoms with Gasteiger partial charge in [0, 0.05) is 12.6 Å². The van der Waals surface area contributed by atoms with Crippen LogP contribution in [0.1, 0.15) is 6.42 Å². The predicted molar refractivity (Wildman–Crippen MR) is 61.6 cm³/mol. The first-order chi connectivity index (χ1) is 8.11. The second-order valence-corrected chi connectivity index (χ2v) is 4.07. The molecule has 6 heteroatoms. The summed E-state index contributed by atoms with van der Waals surface area (Å²) in [6.45, 7) is -0.0596. The zero-order chi connectivity index (χ0) is 12.5. The van der Waals surface area contributed by atoms with Crippen LogP contribution in [0.15, 0.2) is 17.3 Å². The Bertz CT molecular complexity index is 401. The second kappa shape index (κ2) is 4.37. The summed E-state index contributed by atoms with van der Waals surface area (Å²) in [7, 11) is 0. The minimum atomic E-state index is -1.31. The number of terminal acetylenes is 1. The summed E-state index contributed by atoms with van der Waals surface area (Å²) in [6.07, 6.45) is 7.72. The number of ether oxygens (including phenoxy) is 1. The lowest BCUT2D eigenvalue weighted by molar-refractivity contribution is -0.104. The first-order valence-corrected chi connectivity index (χ1v) is 5.29. The van der Waals surface area contributed by atoms with Crippen LogP contribution >= 0.6 is 0 Å². The number of nitrogens with two attached hydrogens (primary N) is 1. The molecular weight excluding hydrogens is 222 g/mol. The standard InChI is InChI=1S/C11H15N3O3/c1-2-11(6-15)8(16)5-10(17-11)14-4-3-9(12)13-7-14/h1,3-4,8,10,15-16H,5-7H2,(H2,12,13)/t8-,10+,11+/m0/s1. The molecule has 92 valence electrons. The van der Waals surface area contributed by atoms with E-state index in [9.17, 15) is 10.2 Å². The minimum absolute atomic E-state index is 0.324. The first-order valence-electron chi connectivity index (χ1n) is 5.29. The van der Waals surface area contributed by atoms with Crippen LogP contribution in [-0.2, 0) is 4.74 Å². The number of hydrogen-bond acceptors (Lipinski definition) is 6. The van der Waals surface area contributed by atoms with Crippen molar-refractivity contribution in [2.75, 3.05) is 13.3 Å². The van der Waals surface area contributed by atoms with Crippen LogP contribution in [0, 0.1) is 12.3 Å². The Morgan fingerprint density at radius 3 is 3.00 bits per heavy atom. The predicted octanol–water partition coefficient (Wildman–Crippen LogP) is -1.40. The number of amidine groups is 1. The molecule has 2 aliphatic heterocycles. The second-order valence-electron chi connectivity index (χ2n) is 4.07. The molecule has 0 amide bonds. The normalized spacial score (nSPS) is 36.8. The van der Waals surface area contributed by atoms with Gasteiger partial charge in [0.2, 0.25) is 0 Å². The number of aliphatic hydroxyl groups excluding tert-OH is 2. The van der Waals surface area contributed by atoms with Gasteiger partial charge in [-0.1, -0.05) is 5.92 Å². The molecule has 0 aromatic heterocycles. The maximum absolute atomic E-state index is 9.85. The summed E-state index contributed by atoms with van der Waals surface area (Å²) in [5, 5.41) is 19.1. The number of aliphatic imine (C=N–C) groups is 1. The molecule has 3 atom stereocenters. The highest BCUT2D eigenvalue weighted by Crippen LogP contribution is 2.32. The van der Waals surface area contributed by atoms with Crippen molar-refractivity contribution >= 4 is 5.84 Å². The van der Waals surface area contributed by atoms with Crippen LogP contribution < -0.4 is 5.73 Å². The largest absolute Gasteiger partial charge is 0.392 e. The zero-order valence-corrected chi connectivity index (χ0v) is 9.28. The van der Waals surface area contributed by atoms with E-state index < -0.39 is 24.5 Å². The number of aliphatic hydroxyl groups is 2. The molecular formula is C11H15N3O3. The van der Waals surface area contributed by atoms with Crippen LogP contribution in [-0.4, -0.2) is 52.2 Å². The molecule has 6 nitrogen and oxygen atoms in total. The van der Waals surface area contributed by atoms with Gasteiger partial charge < -0.3 is 25.6 Å². The average Bonchev–Trinajstić information content (AvgIpc) is 2.68. The van der Waals surface area contributed by atoms with Crippen molar-refractivity contribution in [1.29, 1.82) is 0 Å². The maximum Gasteiger partial charge on any atom is 0.179 e. The summed E-state index contributed by atoms with van der Waals surface area (Å²) < 4.78 is 5.56. The van der Waals surface area contributed by atoms with Crippen molar-refractivity contribution in [2.24, 2.45) is 10.7 Å². The number of hydrogen-bond donors (Lipinski definition) is 3. The molecule has 0 aromatic carbocycles. The molecule has 0 bridgehead atoms. The Morgan fingerprint density at radius 2 is 2.53 bits per heavy atom. The van der Waals surface area contributed by atoms with Crippen molar-refractivity contribution in [3.05, 3.63) is 12.3 Å². The van der Waals surface area contributed by atoms with E-state index in [1.807, 2.05) is 0 Å². The first kappa shape index (κ1) is 11.9. The van der Waals surface area contributed by atoms with Crippen molar-refractivity contribution in [2.45, 2.75) is 24.4 Å². The monoisotopic (exact) mass is 237 g/mol. The Kier molecular flexibility index (Phi) is 3.07. The molecule has 0 unspecified atom stereocenters. The molecule has 2 rings (SSSR count). The molecule has 0 aromatic rings. The summed E-state index contributed by atoms with van der Waals surface area (Å²) in [6, 6.07) is 0. The third kappa shape index (κ3) is 2.00. The molecule has 0 spiro atoms. The maximum atomic E-state index is 9.85. The lowest BCUT2D eigenvalue weighted by Gasteiger charge is -2.29. The summed E-state index contributed by atoms with van der Waals surface area (Å²) >= 11 is 0. The van der Waals surface area contributed by atoms with Crippen LogP contribution in [0.3, 0.4) is 0 Å². The van der Waals surface area contributed by atoms with E-state index in [1.165, 1.54) is 0 Å². The van der Waals surface area contributed by atoms with Gasteiger partial charge in [-0.2, -0.15) is 0 Å². The molecule has 2 heterocycles. The highest BCUT2D eigenvalue weighted by atomic mass is 16.6. The van der Waals surface area contributed by atoms with Gasteiger partial charge in [0.15, 0.2) is 5.60 Å². The van der Waals surface area contributed by atoms with Crippen LogP contribution in [0.4, 0.5) is 0 Å². The number of rotatable bonds is 2. The average molecular weight is 237 g/mol. The quantitative estimate of drug-likeness (QED) is 0.514. The van der Waals surface area contributed by atoms with Gasteiger partial charge in [-0.05, 0) is 6.08 Å². The Labute approximate surface area is 99.4 Å². The highest BCUT2D eigenvalue weighted by molar-refractivity contribution is 5.91. The van der Waals surface area contributed by atoms with E-state index in [2.05, 4.69) is 10.9 Å². The summed E-state index contributed by atoms with van der Waals surface area (Å²) in [5.41, 5.74) is 4.19. The van der Waals surface area contributed by atoms with E-state index >= 15 is 0 Å². The highest BCUT2D eigenvalue weighted by Gasteiger charge is 2.48. The van der Waals surface area contributed by atoms with Crippen LogP contribution in [0.25, 0.3) is 0 Å². The van der Waals surface area contributed by atoms with Crippen LogP contribution in [0.2, 0.25) is 0 Å². The fourth-order valence-corrected chi connectivity index (χ4v) is 1.89. The lowest BCUT2D eigenvalue weighted by Crippen LogP contribution is -2.42. The molecule has 2 aliphatic rings. The molecule has 4 N–H and O–H groups in total. The molecule has 1 fully saturated rings. The van der Waals surface area contributed by atoms with Crippen molar-refractivity contribution < 1.29 is 14.9 Å². The molecule has 0 radical (unpaired) electrons. The minimum Gasteiger partial charge on any atom is -0.392 e. The smallest absolute Gasteiger partial charge is 0.179 e. The number of nitrogens with zero attached hydrogens (tertiary/aromatic N) is 2. The molecule has 0 saturated carbocycles. The van der Waals surface area contributed by atoms with Gasteiger partial charge >= 0.3 is 0 Å². The summed E-state index contributed by atoms with van der Waals surface area (Å²) in [4.78, 5) is 5.81. The topological polar surface area (TPSA) is 91.3 Å². The van der Waals surface area contributed by atoms with Gasteiger partial charge in [0.25, 0.3) is 0 Å². The Balaban J connectivity index is 2.08. The lowest BCUT2D eigenvalue weighted by atomic mass is 9.99. The van der Waals surface area contributed by atoms with E-state index in [0.29, 0.717) is 18.9 Å². The molecule has 1 saturated heterocycles. The van der Waals surface area contributed by atoms with E-state index in [1.54, 1.807) is 17.2 Å². The third-order valence-corrected chi connectivity index (χ3v) is 3.01. The van der Waals surface area contributed by atoms with Gasteiger partial charge in [-0.3, -0.25) is 0 Å². The van der Waals surface area contributed by atoms with Crippen molar-refractivity contribution in [3.8, 4) is 12.3 Å². The van der Waals surface area contributed by atoms with Gasteiger partial charge in [-0.25, -0.2) is 4.99 Å². The zero-order valence-electron chi connectivity index (χ0n) is 9.28. The van der Waals surface area contributed by atoms with Crippen molar-refractivity contribution in [3.63, 3.8) is 0 Å². The van der Waals surface area contributed by atoms with E-state index in [0.717, 1.165) is 0 Å². The van der Waals surface area contributed by atoms with Gasteiger partial charge in [0.05, 0.1) is 6.61 Å². The van der Waals surface area contributed by atoms with Crippen LogP contribution in [0.5, 0.6) is 0 Å². The fourth-order valence-electron chi connectivity index (χ4n) is 1.89.